The van der Waals surface area contributed by atoms with Gasteiger partial charge in [-0.3, -0.25) is 0 Å². The summed E-state index contributed by atoms with van der Waals surface area (Å²) < 4.78 is 7.42. The lowest BCUT2D eigenvalue weighted by atomic mass is 10.1. The summed E-state index contributed by atoms with van der Waals surface area (Å²) in [6.45, 7) is 1.77. The molecule has 1 aromatic heterocycles. The van der Waals surface area contributed by atoms with Crippen molar-refractivity contribution in [2.45, 2.75) is 19.2 Å². The second-order valence-electron chi connectivity index (χ2n) is 7.18. The summed E-state index contributed by atoms with van der Waals surface area (Å²) in [5, 5.41) is 16.2. The van der Waals surface area contributed by atoms with Crippen molar-refractivity contribution in [3.63, 3.8) is 0 Å². The van der Waals surface area contributed by atoms with Crippen LogP contribution < -0.4 is 10.1 Å². The molecule has 148 valence electrons. The highest BCUT2D eigenvalue weighted by Gasteiger charge is 2.23. The molecule has 3 aromatic carbocycles. The number of aliphatic hydroxyl groups is 1. The molecule has 0 bridgehead atoms. The van der Waals surface area contributed by atoms with Crippen molar-refractivity contribution < 1.29 is 9.84 Å². The molecule has 0 aliphatic heterocycles. The number of fused-ring (bicyclic) bond motifs is 3. The summed E-state index contributed by atoms with van der Waals surface area (Å²) in [5.41, 5.74) is 4.35. The van der Waals surface area contributed by atoms with Crippen molar-refractivity contribution in [2.24, 2.45) is 0 Å². The van der Waals surface area contributed by atoms with Crippen molar-refractivity contribution in [3.05, 3.63) is 71.8 Å². The molecule has 4 rings (SSSR count). The largest absolute Gasteiger partial charge is 0.497 e. The number of nitrogens with zero attached hydrogens (tertiary/aromatic N) is 1. The molecule has 2 N–H and O–H groups in total. The fourth-order valence-corrected chi connectivity index (χ4v) is 3.82. The first kappa shape index (κ1) is 19.5. The maximum atomic E-state index is 10.7. The average molecular weight is 394 g/mol. The van der Waals surface area contributed by atoms with Crippen molar-refractivity contribution in [2.75, 3.05) is 12.4 Å². The number of aromatic nitrogens is 1. The number of aliphatic hydroxyl groups excluding tert-OH is 1. The Bertz CT molecular complexity index is 1250. The van der Waals surface area contributed by atoms with Gasteiger partial charge in [-0.15, -0.1) is 12.8 Å². The zero-order valence-electron chi connectivity index (χ0n) is 16.9. The molecule has 0 aliphatic rings. The maximum Gasteiger partial charge on any atom is 0.130 e. The number of hydrogen-bond acceptors (Lipinski definition) is 3. The van der Waals surface area contributed by atoms with Crippen LogP contribution in [0.3, 0.4) is 0 Å². The molecule has 4 aromatic rings. The monoisotopic (exact) mass is 394 g/mol. The van der Waals surface area contributed by atoms with Gasteiger partial charge in [-0.05, 0) is 55.5 Å². The van der Waals surface area contributed by atoms with Crippen molar-refractivity contribution in [1.29, 1.82) is 0 Å². The molecule has 4 nitrogen and oxygen atoms in total. The summed E-state index contributed by atoms with van der Waals surface area (Å²) in [5.74, 6) is 6.14. The van der Waals surface area contributed by atoms with Crippen LogP contribution in [0.25, 0.3) is 21.8 Å². The predicted molar refractivity (Wildman–Crippen MR) is 123 cm³/mol. The standard InChI is InChI=1S/C26H22N2O2/c1-5-18-10-12-24-22(14-18)23-15-19(6-2)11-13-25(23)28(24)26(17(3)29)27-20-8-7-9-21(16-20)30-4/h1-2,7-17,26-27,29H,3-4H3. The Labute approximate surface area is 176 Å². The Morgan fingerprint density at radius 3 is 2.03 bits per heavy atom. The first-order chi connectivity index (χ1) is 14.5. The van der Waals surface area contributed by atoms with E-state index in [1.807, 2.05) is 60.7 Å². The minimum atomic E-state index is -0.686. The lowest BCUT2D eigenvalue weighted by molar-refractivity contribution is 0.147. The molecule has 0 fully saturated rings. The van der Waals surface area contributed by atoms with Crippen LogP contribution >= 0.6 is 0 Å². The number of anilines is 1. The van der Waals surface area contributed by atoms with Crippen LogP contribution in [0.5, 0.6) is 5.75 Å². The lowest BCUT2D eigenvalue weighted by Crippen LogP contribution is -2.28. The Morgan fingerprint density at radius 1 is 0.933 bits per heavy atom. The Kier molecular flexibility index (Phi) is 5.11. The first-order valence-electron chi connectivity index (χ1n) is 9.65. The van der Waals surface area contributed by atoms with Crippen LogP contribution in [0, 0.1) is 24.7 Å². The molecule has 0 amide bonds. The van der Waals surface area contributed by atoms with Crippen molar-refractivity contribution in [3.8, 4) is 30.4 Å². The average Bonchev–Trinajstić information content (AvgIpc) is 3.09. The smallest absolute Gasteiger partial charge is 0.130 e. The minimum absolute atomic E-state index is 0.425. The molecule has 1 heterocycles. The molecule has 30 heavy (non-hydrogen) atoms. The molecular formula is C26H22N2O2. The zero-order chi connectivity index (χ0) is 21.3. The van der Waals surface area contributed by atoms with Crippen molar-refractivity contribution in [1.82, 2.24) is 4.57 Å². The van der Waals surface area contributed by atoms with Gasteiger partial charge in [0.2, 0.25) is 0 Å². The molecule has 0 saturated heterocycles. The van der Waals surface area contributed by atoms with E-state index >= 15 is 0 Å². The second kappa shape index (κ2) is 7.87. The van der Waals surface area contributed by atoms with E-state index in [1.165, 1.54) is 0 Å². The number of methoxy groups -OCH3 is 1. The quantitative estimate of drug-likeness (QED) is 0.480. The number of benzene rings is 3. The number of terminal acetylenes is 2. The van der Waals surface area contributed by atoms with Gasteiger partial charge in [0, 0.05) is 33.7 Å². The highest BCUT2D eigenvalue weighted by molar-refractivity contribution is 6.09. The minimum Gasteiger partial charge on any atom is -0.497 e. The Hall–Kier alpha value is -3.86. The van der Waals surface area contributed by atoms with Gasteiger partial charge in [0.25, 0.3) is 0 Å². The summed E-state index contributed by atoms with van der Waals surface area (Å²) in [4.78, 5) is 0. The van der Waals surface area contributed by atoms with Crippen LogP contribution in [0.15, 0.2) is 60.7 Å². The van der Waals surface area contributed by atoms with Gasteiger partial charge in [0.05, 0.1) is 24.2 Å². The van der Waals surface area contributed by atoms with Crippen LogP contribution in [0.2, 0.25) is 0 Å². The molecule has 2 unspecified atom stereocenters. The number of rotatable bonds is 5. The molecule has 0 saturated carbocycles. The third-order valence-electron chi connectivity index (χ3n) is 5.26. The van der Waals surface area contributed by atoms with Gasteiger partial charge in [-0.2, -0.15) is 0 Å². The van der Waals surface area contributed by atoms with E-state index in [2.05, 4.69) is 21.7 Å². The number of ether oxygens (including phenoxy) is 1. The Morgan fingerprint density at radius 2 is 1.53 bits per heavy atom. The molecule has 0 spiro atoms. The van der Waals surface area contributed by atoms with Gasteiger partial charge < -0.3 is 19.7 Å². The molecule has 4 heteroatoms. The van der Waals surface area contributed by atoms with Crippen molar-refractivity contribution >= 4 is 27.5 Å². The summed E-state index contributed by atoms with van der Waals surface area (Å²) in [6.07, 6.45) is 10.2. The Balaban J connectivity index is 1.96. The summed E-state index contributed by atoms with van der Waals surface area (Å²) in [7, 11) is 1.63. The highest BCUT2D eigenvalue weighted by Crippen LogP contribution is 2.35. The molecule has 0 radical (unpaired) electrons. The van der Waals surface area contributed by atoms with Gasteiger partial charge in [0.15, 0.2) is 0 Å². The fourth-order valence-electron chi connectivity index (χ4n) is 3.82. The van der Waals surface area contributed by atoms with Crippen LogP contribution in [0.1, 0.15) is 24.2 Å². The summed E-state index contributed by atoms with van der Waals surface area (Å²) >= 11 is 0. The van der Waals surface area contributed by atoms with E-state index in [0.717, 1.165) is 44.4 Å². The van der Waals surface area contributed by atoms with Crippen LogP contribution in [-0.4, -0.2) is 22.9 Å². The summed E-state index contributed by atoms with van der Waals surface area (Å²) in [6, 6.07) is 19.4. The SMILES string of the molecule is C#Cc1ccc2c(c1)c1cc(C#C)ccc1n2C(Nc1cccc(OC)c1)C(C)O. The van der Waals surface area contributed by atoms with E-state index in [0.29, 0.717) is 0 Å². The zero-order valence-corrected chi connectivity index (χ0v) is 16.9. The highest BCUT2D eigenvalue weighted by atomic mass is 16.5. The van der Waals surface area contributed by atoms with Crippen LogP contribution in [0.4, 0.5) is 5.69 Å². The molecule has 0 aliphatic carbocycles. The van der Waals surface area contributed by atoms with Gasteiger partial charge in [0.1, 0.15) is 11.9 Å². The lowest BCUT2D eigenvalue weighted by Gasteiger charge is -2.26. The predicted octanol–water partition coefficient (Wildman–Crippen LogP) is 4.76. The number of nitrogens with one attached hydrogen (secondary N) is 1. The first-order valence-corrected chi connectivity index (χ1v) is 9.65. The van der Waals surface area contributed by atoms with E-state index in [1.54, 1.807) is 14.0 Å². The normalized spacial score (nSPS) is 12.8. The second-order valence-corrected chi connectivity index (χ2v) is 7.18. The van der Waals surface area contributed by atoms with E-state index < -0.39 is 12.3 Å². The van der Waals surface area contributed by atoms with E-state index in [-0.39, 0.29) is 0 Å². The van der Waals surface area contributed by atoms with Gasteiger partial charge in [-0.1, -0.05) is 17.9 Å². The third-order valence-corrected chi connectivity index (χ3v) is 5.26. The number of hydrogen-bond donors (Lipinski definition) is 2. The van der Waals surface area contributed by atoms with Crippen LogP contribution in [-0.2, 0) is 0 Å². The molecule has 2 atom stereocenters. The fraction of sp³-hybridized carbons (Fsp3) is 0.154. The maximum absolute atomic E-state index is 10.7. The van der Waals surface area contributed by atoms with Gasteiger partial charge in [-0.25, -0.2) is 0 Å². The molecular weight excluding hydrogens is 372 g/mol. The van der Waals surface area contributed by atoms with Gasteiger partial charge >= 0.3 is 0 Å². The third kappa shape index (κ3) is 3.35. The van der Waals surface area contributed by atoms with E-state index in [9.17, 15) is 5.11 Å². The van der Waals surface area contributed by atoms with E-state index in [4.69, 9.17) is 17.6 Å². The topological polar surface area (TPSA) is 46.4 Å².